The molecular weight excluding hydrogens is 260 g/mol. The van der Waals surface area contributed by atoms with Gasteiger partial charge >= 0.3 is 0 Å². The van der Waals surface area contributed by atoms with Crippen LogP contribution in [0.25, 0.3) is 0 Å². The Hall–Kier alpha value is -2.60. The van der Waals surface area contributed by atoms with Crippen LogP contribution in [0.3, 0.4) is 0 Å². The van der Waals surface area contributed by atoms with Gasteiger partial charge in [0.25, 0.3) is 0 Å². The summed E-state index contributed by atoms with van der Waals surface area (Å²) in [5.74, 6) is 6.11. The molecule has 3 nitrogen and oxygen atoms in total. The van der Waals surface area contributed by atoms with E-state index < -0.39 is 5.41 Å². The molecule has 1 aromatic carbocycles. The molecule has 1 heterocycles. The number of hydrogen-bond acceptors (Lipinski definition) is 2. The summed E-state index contributed by atoms with van der Waals surface area (Å²) in [4.78, 5) is 16.1. The number of amides is 1. The van der Waals surface area contributed by atoms with E-state index in [0.29, 0.717) is 5.69 Å². The van der Waals surface area contributed by atoms with Gasteiger partial charge in [-0.15, -0.1) is 0 Å². The van der Waals surface area contributed by atoms with Gasteiger partial charge in [0.2, 0.25) is 5.91 Å². The molecule has 0 atom stereocenters. The van der Waals surface area contributed by atoms with E-state index in [2.05, 4.69) is 22.1 Å². The van der Waals surface area contributed by atoms with Crippen LogP contribution in [0.15, 0.2) is 48.8 Å². The van der Waals surface area contributed by atoms with E-state index in [-0.39, 0.29) is 5.91 Å². The number of nitrogens with zero attached hydrogens (tertiary/aromatic N) is 1. The second-order valence-electron chi connectivity index (χ2n) is 5.74. The van der Waals surface area contributed by atoms with Crippen molar-refractivity contribution in [1.29, 1.82) is 0 Å². The molecule has 2 aromatic rings. The summed E-state index contributed by atoms with van der Waals surface area (Å²) in [6, 6.07) is 11.5. The minimum Gasteiger partial charge on any atom is -0.323 e. The van der Waals surface area contributed by atoms with Gasteiger partial charge in [-0.1, -0.05) is 50.8 Å². The first-order valence-electron chi connectivity index (χ1n) is 6.79. The average molecular weight is 278 g/mol. The van der Waals surface area contributed by atoms with Gasteiger partial charge in [0.15, 0.2) is 0 Å². The lowest BCUT2D eigenvalue weighted by atomic mass is 9.95. The lowest BCUT2D eigenvalue weighted by Gasteiger charge is -2.18. The number of anilines is 1. The molecule has 0 saturated heterocycles. The summed E-state index contributed by atoms with van der Waals surface area (Å²) in [7, 11) is 0. The lowest BCUT2D eigenvalue weighted by molar-refractivity contribution is -0.123. The molecule has 0 spiro atoms. The number of hydrogen-bond donors (Lipinski definition) is 1. The second-order valence-corrected chi connectivity index (χ2v) is 5.74. The highest BCUT2D eigenvalue weighted by Crippen LogP contribution is 2.19. The first kappa shape index (κ1) is 14.8. The summed E-state index contributed by atoms with van der Waals surface area (Å²) in [6.45, 7) is 5.61. The zero-order chi connectivity index (χ0) is 15.3. The summed E-state index contributed by atoms with van der Waals surface area (Å²) < 4.78 is 0. The number of rotatable bonds is 1. The molecule has 0 saturated carbocycles. The Bertz CT molecular complexity index is 688. The Balaban J connectivity index is 2.26. The van der Waals surface area contributed by atoms with Crippen LogP contribution >= 0.6 is 0 Å². The standard InChI is InChI=1S/C18H18N2O/c1-18(2,3)17(21)20-16-13-19-12-11-15(16)10-9-14-7-5-4-6-8-14/h4-8,11-13H,1-3H3,(H,20,21). The lowest BCUT2D eigenvalue weighted by Crippen LogP contribution is -2.28. The van der Waals surface area contributed by atoms with E-state index >= 15 is 0 Å². The van der Waals surface area contributed by atoms with Crippen molar-refractivity contribution in [2.45, 2.75) is 20.8 Å². The first-order chi connectivity index (χ1) is 9.97. The zero-order valence-corrected chi connectivity index (χ0v) is 12.5. The summed E-state index contributed by atoms with van der Waals surface area (Å²) in [5.41, 5.74) is 1.87. The first-order valence-corrected chi connectivity index (χ1v) is 6.79. The third kappa shape index (κ3) is 4.19. The Morgan fingerprint density at radius 1 is 1.10 bits per heavy atom. The molecule has 0 aliphatic carbocycles. The third-order valence-corrected chi connectivity index (χ3v) is 2.87. The Kier molecular flexibility index (Phi) is 4.39. The number of nitrogens with one attached hydrogen (secondary N) is 1. The van der Waals surface area contributed by atoms with Gasteiger partial charge in [-0.25, -0.2) is 0 Å². The van der Waals surface area contributed by atoms with Crippen LogP contribution in [0.1, 0.15) is 31.9 Å². The van der Waals surface area contributed by atoms with E-state index in [0.717, 1.165) is 11.1 Å². The van der Waals surface area contributed by atoms with Gasteiger partial charge in [0.1, 0.15) is 0 Å². The van der Waals surface area contributed by atoms with Crippen molar-refractivity contribution in [3.63, 3.8) is 0 Å². The quantitative estimate of drug-likeness (QED) is 0.812. The minimum absolute atomic E-state index is 0.0572. The predicted molar refractivity (Wildman–Crippen MR) is 84.7 cm³/mol. The highest BCUT2D eigenvalue weighted by Gasteiger charge is 2.21. The van der Waals surface area contributed by atoms with Gasteiger partial charge in [-0.05, 0) is 18.2 Å². The van der Waals surface area contributed by atoms with Crippen LogP contribution in [0, 0.1) is 17.3 Å². The molecule has 106 valence electrons. The van der Waals surface area contributed by atoms with Gasteiger partial charge in [0.05, 0.1) is 17.4 Å². The molecule has 0 unspecified atom stereocenters. The van der Waals surface area contributed by atoms with E-state index in [1.165, 1.54) is 0 Å². The van der Waals surface area contributed by atoms with Crippen molar-refractivity contribution in [2.24, 2.45) is 5.41 Å². The third-order valence-electron chi connectivity index (χ3n) is 2.87. The number of benzene rings is 1. The Morgan fingerprint density at radius 2 is 1.81 bits per heavy atom. The maximum absolute atomic E-state index is 12.1. The summed E-state index contributed by atoms with van der Waals surface area (Å²) >= 11 is 0. The number of pyridine rings is 1. The molecule has 1 N–H and O–H groups in total. The minimum atomic E-state index is -0.458. The van der Waals surface area contributed by atoms with E-state index in [1.807, 2.05) is 51.1 Å². The molecule has 0 radical (unpaired) electrons. The zero-order valence-electron chi connectivity index (χ0n) is 12.5. The highest BCUT2D eigenvalue weighted by molar-refractivity contribution is 5.95. The highest BCUT2D eigenvalue weighted by atomic mass is 16.2. The fraction of sp³-hybridized carbons (Fsp3) is 0.222. The Morgan fingerprint density at radius 3 is 2.48 bits per heavy atom. The van der Waals surface area contributed by atoms with Crippen molar-refractivity contribution < 1.29 is 4.79 Å². The molecular formula is C18H18N2O. The predicted octanol–water partition coefficient (Wildman–Crippen LogP) is 3.47. The van der Waals surface area contributed by atoms with Gasteiger partial charge in [-0.3, -0.25) is 9.78 Å². The van der Waals surface area contributed by atoms with E-state index in [4.69, 9.17) is 0 Å². The molecule has 0 aliphatic heterocycles. The average Bonchev–Trinajstić information content (AvgIpc) is 2.46. The van der Waals surface area contributed by atoms with Gasteiger partial charge in [-0.2, -0.15) is 0 Å². The fourth-order valence-electron chi connectivity index (χ4n) is 1.57. The van der Waals surface area contributed by atoms with Crippen LogP contribution in [0.5, 0.6) is 0 Å². The van der Waals surface area contributed by atoms with Crippen molar-refractivity contribution in [3.05, 3.63) is 59.9 Å². The monoisotopic (exact) mass is 278 g/mol. The van der Waals surface area contributed by atoms with Crippen LogP contribution in [-0.2, 0) is 4.79 Å². The number of carbonyl (C=O) groups excluding carboxylic acids is 1. The molecule has 3 heteroatoms. The molecule has 0 fully saturated rings. The SMILES string of the molecule is CC(C)(C)C(=O)Nc1cnccc1C#Cc1ccccc1. The van der Waals surface area contributed by atoms with Crippen molar-refractivity contribution in [2.75, 3.05) is 5.32 Å². The molecule has 1 aromatic heterocycles. The number of carbonyl (C=O) groups is 1. The maximum Gasteiger partial charge on any atom is 0.229 e. The molecule has 2 rings (SSSR count). The van der Waals surface area contributed by atoms with Gasteiger partial charge < -0.3 is 5.32 Å². The van der Waals surface area contributed by atoms with Crippen molar-refractivity contribution in [3.8, 4) is 11.8 Å². The van der Waals surface area contributed by atoms with Gasteiger partial charge in [0, 0.05) is 17.2 Å². The largest absolute Gasteiger partial charge is 0.323 e. The molecule has 0 aliphatic rings. The molecule has 21 heavy (non-hydrogen) atoms. The van der Waals surface area contributed by atoms with E-state index in [9.17, 15) is 4.79 Å². The van der Waals surface area contributed by atoms with Crippen LogP contribution in [0.4, 0.5) is 5.69 Å². The Labute approximate surface area is 125 Å². The van der Waals surface area contributed by atoms with Crippen LogP contribution in [0.2, 0.25) is 0 Å². The normalized spacial score (nSPS) is 10.4. The smallest absolute Gasteiger partial charge is 0.229 e. The topological polar surface area (TPSA) is 42.0 Å². The molecule has 1 amide bonds. The van der Waals surface area contributed by atoms with Crippen molar-refractivity contribution in [1.82, 2.24) is 4.98 Å². The maximum atomic E-state index is 12.1. The summed E-state index contributed by atoms with van der Waals surface area (Å²) in [6.07, 6.45) is 3.29. The van der Waals surface area contributed by atoms with Crippen LogP contribution in [-0.4, -0.2) is 10.9 Å². The molecule has 0 bridgehead atoms. The van der Waals surface area contributed by atoms with Crippen LogP contribution < -0.4 is 5.32 Å². The second kappa shape index (κ2) is 6.23. The summed E-state index contributed by atoms with van der Waals surface area (Å²) in [5, 5.41) is 2.88. The fourth-order valence-corrected chi connectivity index (χ4v) is 1.57. The van der Waals surface area contributed by atoms with Crippen molar-refractivity contribution >= 4 is 11.6 Å². The number of aromatic nitrogens is 1. The van der Waals surface area contributed by atoms with E-state index in [1.54, 1.807) is 18.5 Å².